The van der Waals surface area contributed by atoms with E-state index >= 15 is 0 Å². The van der Waals surface area contributed by atoms with Crippen molar-refractivity contribution in [3.05, 3.63) is 76.1 Å². The van der Waals surface area contributed by atoms with Crippen LogP contribution < -0.4 is 15.7 Å². The lowest BCUT2D eigenvalue weighted by atomic mass is 10.1. The Labute approximate surface area is 175 Å². The summed E-state index contributed by atoms with van der Waals surface area (Å²) in [5.41, 5.74) is 4.00. The van der Waals surface area contributed by atoms with Gasteiger partial charge in [0, 0.05) is 5.56 Å². The van der Waals surface area contributed by atoms with Crippen LogP contribution in [-0.2, 0) is 0 Å². The lowest BCUT2D eigenvalue weighted by molar-refractivity contribution is 0.306. The monoisotopic (exact) mass is 401 g/mol. The number of rotatable bonds is 9. The molecular weight excluding hydrogens is 378 g/mol. The number of hydrogen-bond acceptors (Lipinski definition) is 6. The minimum atomic E-state index is -0.522. The number of nitriles is 1. The van der Waals surface area contributed by atoms with Crippen molar-refractivity contribution in [2.75, 3.05) is 12.0 Å². The van der Waals surface area contributed by atoms with E-state index in [1.54, 1.807) is 18.3 Å². The molecule has 0 fully saturated rings. The van der Waals surface area contributed by atoms with Crippen LogP contribution in [0.15, 0.2) is 64.5 Å². The fourth-order valence-corrected chi connectivity index (χ4v) is 2.83. The second-order valence-corrected chi connectivity index (χ2v) is 6.61. The molecule has 7 heteroatoms. The Hall–Kier alpha value is -3.92. The van der Waals surface area contributed by atoms with Crippen LogP contribution in [0.25, 0.3) is 11.3 Å². The molecule has 7 nitrogen and oxygen atoms in total. The van der Waals surface area contributed by atoms with Crippen molar-refractivity contribution >= 4 is 12.2 Å². The maximum Gasteiger partial charge on any atom is 0.270 e. The minimum absolute atomic E-state index is 0.0383. The van der Waals surface area contributed by atoms with Crippen LogP contribution in [0.5, 0.6) is 5.75 Å². The van der Waals surface area contributed by atoms with E-state index in [4.69, 9.17) is 4.74 Å². The number of aromatic nitrogens is 2. The fourth-order valence-electron chi connectivity index (χ4n) is 2.83. The average Bonchev–Trinajstić information content (AvgIpc) is 2.77. The van der Waals surface area contributed by atoms with Gasteiger partial charge in [-0.3, -0.25) is 9.78 Å². The van der Waals surface area contributed by atoms with Gasteiger partial charge in [-0.2, -0.15) is 10.4 Å². The van der Waals surface area contributed by atoms with Crippen LogP contribution in [0.4, 0.5) is 5.95 Å². The standard InChI is InChI=1S/C23H23N5O2/c1-2-3-7-13-30-19-12-8-9-17(14-19)16-25-28-23-26-21(18-10-5-4-6-11-18)20(15-24)22(29)27-23/h4-6,8-12,14,16H,2-3,7,13H2,1H3,(H2,26,27,28,29). The molecule has 0 amide bonds. The van der Waals surface area contributed by atoms with Crippen LogP contribution in [0.2, 0.25) is 0 Å². The van der Waals surface area contributed by atoms with Gasteiger partial charge in [0.25, 0.3) is 5.56 Å². The van der Waals surface area contributed by atoms with Gasteiger partial charge >= 0.3 is 0 Å². The van der Waals surface area contributed by atoms with Crippen LogP contribution >= 0.6 is 0 Å². The number of nitrogens with zero attached hydrogens (tertiary/aromatic N) is 3. The van der Waals surface area contributed by atoms with Gasteiger partial charge in [-0.1, -0.05) is 62.2 Å². The largest absolute Gasteiger partial charge is 0.494 e. The Kier molecular flexibility index (Phi) is 7.34. The third-order valence-corrected chi connectivity index (χ3v) is 4.34. The predicted molar refractivity (Wildman–Crippen MR) is 118 cm³/mol. The van der Waals surface area contributed by atoms with Gasteiger partial charge in [0.1, 0.15) is 17.4 Å². The van der Waals surface area contributed by atoms with E-state index in [1.165, 1.54) is 0 Å². The number of benzene rings is 2. The Bertz CT molecular complexity index is 1100. The van der Waals surface area contributed by atoms with Gasteiger partial charge in [-0.15, -0.1) is 0 Å². The van der Waals surface area contributed by atoms with Gasteiger partial charge in [-0.05, 0) is 24.1 Å². The molecular formula is C23H23N5O2. The molecule has 0 aliphatic heterocycles. The zero-order valence-corrected chi connectivity index (χ0v) is 16.8. The first-order valence-corrected chi connectivity index (χ1v) is 9.83. The normalized spacial score (nSPS) is 10.7. The molecule has 2 aromatic carbocycles. The number of nitrogens with one attached hydrogen (secondary N) is 2. The Balaban J connectivity index is 1.73. The molecule has 1 aromatic heterocycles. The number of anilines is 1. The third-order valence-electron chi connectivity index (χ3n) is 4.34. The summed E-state index contributed by atoms with van der Waals surface area (Å²) < 4.78 is 5.75. The van der Waals surface area contributed by atoms with E-state index in [0.717, 1.165) is 30.6 Å². The van der Waals surface area contributed by atoms with Crippen molar-refractivity contribution in [1.29, 1.82) is 5.26 Å². The molecule has 0 saturated heterocycles. The van der Waals surface area contributed by atoms with Gasteiger partial charge in [-0.25, -0.2) is 10.4 Å². The zero-order valence-electron chi connectivity index (χ0n) is 16.8. The summed E-state index contributed by atoms with van der Waals surface area (Å²) in [6.07, 6.45) is 4.93. The van der Waals surface area contributed by atoms with E-state index in [9.17, 15) is 10.1 Å². The first-order chi connectivity index (χ1) is 14.7. The second kappa shape index (κ2) is 10.6. The lowest BCUT2D eigenvalue weighted by Gasteiger charge is -2.07. The van der Waals surface area contributed by atoms with Crippen molar-refractivity contribution < 1.29 is 4.74 Å². The van der Waals surface area contributed by atoms with E-state index in [0.29, 0.717) is 17.9 Å². The Morgan fingerprint density at radius 2 is 2.03 bits per heavy atom. The molecule has 0 atom stereocenters. The molecule has 0 saturated carbocycles. The van der Waals surface area contributed by atoms with E-state index in [2.05, 4.69) is 27.4 Å². The number of hydrogen-bond donors (Lipinski definition) is 2. The number of H-pyrrole nitrogens is 1. The van der Waals surface area contributed by atoms with Gasteiger partial charge in [0.05, 0.1) is 18.5 Å². The summed E-state index contributed by atoms with van der Waals surface area (Å²) in [6, 6.07) is 18.6. The SMILES string of the molecule is CCCCCOc1cccc(C=NNc2nc(-c3ccccc3)c(C#N)c(=O)[nH]2)c1. The number of hydrazone groups is 1. The molecule has 0 radical (unpaired) electrons. The molecule has 3 rings (SSSR count). The summed E-state index contributed by atoms with van der Waals surface area (Å²) in [5, 5.41) is 13.5. The maximum atomic E-state index is 12.3. The molecule has 1 heterocycles. The molecule has 0 spiro atoms. The summed E-state index contributed by atoms with van der Waals surface area (Å²) in [4.78, 5) is 19.2. The van der Waals surface area contributed by atoms with Crippen molar-refractivity contribution in [3.63, 3.8) is 0 Å². The van der Waals surface area contributed by atoms with Crippen LogP contribution in [0.1, 0.15) is 37.3 Å². The lowest BCUT2D eigenvalue weighted by Crippen LogP contribution is -2.16. The molecule has 2 N–H and O–H groups in total. The smallest absolute Gasteiger partial charge is 0.270 e. The van der Waals surface area contributed by atoms with Crippen LogP contribution in [-0.4, -0.2) is 22.8 Å². The number of unbranched alkanes of at least 4 members (excludes halogenated alkanes) is 2. The molecule has 3 aromatic rings. The van der Waals surface area contributed by atoms with E-state index < -0.39 is 5.56 Å². The minimum Gasteiger partial charge on any atom is -0.494 e. The van der Waals surface area contributed by atoms with Crippen LogP contribution in [0.3, 0.4) is 0 Å². The predicted octanol–water partition coefficient (Wildman–Crippen LogP) is 4.32. The summed E-state index contributed by atoms with van der Waals surface area (Å²) in [5.74, 6) is 0.937. The summed E-state index contributed by atoms with van der Waals surface area (Å²) in [6.45, 7) is 2.84. The highest BCUT2D eigenvalue weighted by molar-refractivity contribution is 5.80. The molecule has 0 aliphatic rings. The second-order valence-electron chi connectivity index (χ2n) is 6.61. The highest BCUT2D eigenvalue weighted by atomic mass is 16.5. The fraction of sp³-hybridized carbons (Fsp3) is 0.217. The van der Waals surface area contributed by atoms with Crippen molar-refractivity contribution in [2.24, 2.45) is 5.10 Å². The average molecular weight is 401 g/mol. The maximum absolute atomic E-state index is 12.3. The molecule has 0 aliphatic carbocycles. The topological polar surface area (TPSA) is 103 Å². The van der Waals surface area contributed by atoms with Gasteiger partial charge in [0.2, 0.25) is 5.95 Å². The molecule has 30 heavy (non-hydrogen) atoms. The number of aromatic amines is 1. The van der Waals surface area contributed by atoms with Gasteiger partial charge in [0.15, 0.2) is 0 Å². The van der Waals surface area contributed by atoms with Gasteiger partial charge < -0.3 is 4.74 Å². The third kappa shape index (κ3) is 5.55. The van der Waals surface area contributed by atoms with E-state index in [1.807, 2.05) is 48.5 Å². The molecule has 0 unspecified atom stereocenters. The summed E-state index contributed by atoms with van der Waals surface area (Å²) in [7, 11) is 0. The zero-order chi connectivity index (χ0) is 21.2. The first-order valence-electron chi connectivity index (χ1n) is 9.83. The first kappa shape index (κ1) is 20.8. The highest BCUT2D eigenvalue weighted by Crippen LogP contribution is 2.19. The highest BCUT2D eigenvalue weighted by Gasteiger charge is 2.12. The van der Waals surface area contributed by atoms with Crippen molar-refractivity contribution in [3.8, 4) is 23.1 Å². The van der Waals surface area contributed by atoms with E-state index in [-0.39, 0.29) is 11.5 Å². The Morgan fingerprint density at radius 3 is 2.80 bits per heavy atom. The molecule has 152 valence electrons. The summed E-state index contributed by atoms with van der Waals surface area (Å²) >= 11 is 0. The van der Waals surface area contributed by atoms with Crippen molar-refractivity contribution in [2.45, 2.75) is 26.2 Å². The number of ether oxygens (including phenoxy) is 1. The Morgan fingerprint density at radius 1 is 1.20 bits per heavy atom. The quantitative estimate of drug-likeness (QED) is 0.316. The van der Waals surface area contributed by atoms with Crippen molar-refractivity contribution in [1.82, 2.24) is 9.97 Å². The van der Waals surface area contributed by atoms with Crippen LogP contribution in [0, 0.1) is 11.3 Å². The molecule has 0 bridgehead atoms.